The van der Waals surface area contributed by atoms with Crippen LogP contribution in [0.3, 0.4) is 0 Å². The first kappa shape index (κ1) is 13.3. The van der Waals surface area contributed by atoms with Crippen LogP contribution in [0.5, 0.6) is 0 Å². The standard InChI is InChI=1S/C9H19N3OS/c1-7(2)11-9(13)6-12(3)5-4-8(10)14/h7H,4-6H2,1-3H3,(H2,10,14)(H,11,13). The summed E-state index contributed by atoms with van der Waals surface area (Å²) in [6.07, 6.45) is 0.654. The van der Waals surface area contributed by atoms with Crippen molar-refractivity contribution in [2.75, 3.05) is 20.1 Å². The zero-order valence-corrected chi connectivity index (χ0v) is 9.86. The van der Waals surface area contributed by atoms with Crippen molar-refractivity contribution in [2.24, 2.45) is 5.73 Å². The fourth-order valence-corrected chi connectivity index (χ4v) is 1.08. The van der Waals surface area contributed by atoms with Gasteiger partial charge in [-0.1, -0.05) is 12.2 Å². The molecule has 0 aliphatic rings. The number of likely N-dealkylation sites (N-methyl/N-ethyl adjacent to an activating group) is 1. The van der Waals surface area contributed by atoms with Crippen LogP contribution in [0, 0.1) is 0 Å². The number of amides is 1. The first-order valence-corrected chi connectivity index (χ1v) is 5.09. The van der Waals surface area contributed by atoms with E-state index in [9.17, 15) is 4.79 Å². The summed E-state index contributed by atoms with van der Waals surface area (Å²) in [5.74, 6) is 0.0328. The molecule has 0 fully saturated rings. The van der Waals surface area contributed by atoms with Gasteiger partial charge >= 0.3 is 0 Å². The third-order valence-electron chi connectivity index (χ3n) is 1.60. The fourth-order valence-electron chi connectivity index (χ4n) is 0.993. The molecule has 0 aromatic carbocycles. The molecule has 4 nitrogen and oxygen atoms in total. The Bertz CT molecular complexity index is 206. The van der Waals surface area contributed by atoms with E-state index in [0.29, 0.717) is 18.0 Å². The van der Waals surface area contributed by atoms with Gasteiger partial charge in [0.05, 0.1) is 11.5 Å². The maximum Gasteiger partial charge on any atom is 0.234 e. The summed E-state index contributed by atoms with van der Waals surface area (Å²) in [6.45, 7) is 4.99. The lowest BCUT2D eigenvalue weighted by Gasteiger charge is -2.16. The van der Waals surface area contributed by atoms with Crippen LogP contribution >= 0.6 is 12.2 Å². The Morgan fingerprint density at radius 1 is 1.57 bits per heavy atom. The third-order valence-corrected chi connectivity index (χ3v) is 1.81. The van der Waals surface area contributed by atoms with Crippen molar-refractivity contribution >= 4 is 23.1 Å². The maximum atomic E-state index is 11.3. The van der Waals surface area contributed by atoms with Crippen molar-refractivity contribution < 1.29 is 4.79 Å². The Kier molecular flexibility index (Phi) is 6.40. The monoisotopic (exact) mass is 217 g/mol. The van der Waals surface area contributed by atoms with E-state index in [1.165, 1.54) is 0 Å². The van der Waals surface area contributed by atoms with Crippen LogP contribution < -0.4 is 11.1 Å². The average Bonchev–Trinajstić information content (AvgIpc) is 1.98. The second-order valence-electron chi connectivity index (χ2n) is 3.68. The molecule has 0 radical (unpaired) electrons. The van der Waals surface area contributed by atoms with Crippen LogP contribution in [0.25, 0.3) is 0 Å². The van der Waals surface area contributed by atoms with Crippen LogP contribution in [-0.2, 0) is 4.79 Å². The van der Waals surface area contributed by atoms with Gasteiger partial charge in [0, 0.05) is 19.0 Å². The molecule has 0 aromatic heterocycles. The Hall–Kier alpha value is -0.680. The van der Waals surface area contributed by atoms with Gasteiger partial charge in [0.2, 0.25) is 5.91 Å². The highest BCUT2D eigenvalue weighted by molar-refractivity contribution is 7.80. The normalized spacial score (nSPS) is 10.6. The minimum absolute atomic E-state index is 0.0328. The van der Waals surface area contributed by atoms with E-state index >= 15 is 0 Å². The number of rotatable bonds is 6. The second kappa shape index (κ2) is 6.73. The molecule has 0 heterocycles. The van der Waals surface area contributed by atoms with E-state index in [1.54, 1.807) is 0 Å². The highest BCUT2D eigenvalue weighted by Crippen LogP contribution is 1.88. The number of carbonyl (C=O) groups excluding carboxylic acids is 1. The van der Waals surface area contributed by atoms with E-state index in [2.05, 4.69) is 5.32 Å². The quantitative estimate of drug-likeness (QED) is 0.620. The van der Waals surface area contributed by atoms with Gasteiger partial charge in [-0.2, -0.15) is 0 Å². The maximum absolute atomic E-state index is 11.3. The Balaban J connectivity index is 3.65. The first-order valence-electron chi connectivity index (χ1n) is 4.68. The van der Waals surface area contributed by atoms with Gasteiger partial charge in [0.15, 0.2) is 0 Å². The van der Waals surface area contributed by atoms with Crippen molar-refractivity contribution in [1.29, 1.82) is 0 Å². The molecule has 82 valence electrons. The summed E-state index contributed by atoms with van der Waals surface area (Å²) in [6, 6.07) is 0.187. The number of nitrogens with zero attached hydrogens (tertiary/aromatic N) is 1. The zero-order chi connectivity index (χ0) is 11.1. The highest BCUT2D eigenvalue weighted by Gasteiger charge is 2.07. The molecule has 3 N–H and O–H groups in total. The molecule has 0 rings (SSSR count). The Labute approximate surface area is 90.8 Å². The summed E-state index contributed by atoms with van der Waals surface area (Å²) in [7, 11) is 1.87. The van der Waals surface area contributed by atoms with Gasteiger partial charge in [-0.05, 0) is 20.9 Å². The Morgan fingerprint density at radius 3 is 2.57 bits per heavy atom. The van der Waals surface area contributed by atoms with Crippen molar-refractivity contribution in [3.8, 4) is 0 Å². The summed E-state index contributed by atoms with van der Waals surface area (Å²) >= 11 is 4.75. The molecule has 0 aromatic rings. The minimum atomic E-state index is 0.0328. The highest BCUT2D eigenvalue weighted by atomic mass is 32.1. The number of nitrogens with one attached hydrogen (secondary N) is 1. The number of hydrogen-bond acceptors (Lipinski definition) is 3. The largest absolute Gasteiger partial charge is 0.393 e. The molecule has 0 bridgehead atoms. The van der Waals surface area contributed by atoms with Crippen LogP contribution in [0.2, 0.25) is 0 Å². The molecule has 0 aliphatic heterocycles. The fraction of sp³-hybridized carbons (Fsp3) is 0.778. The molecule has 0 spiro atoms. The second-order valence-corrected chi connectivity index (χ2v) is 4.20. The van der Waals surface area contributed by atoms with Crippen LogP contribution in [0.15, 0.2) is 0 Å². The van der Waals surface area contributed by atoms with Crippen molar-refractivity contribution in [1.82, 2.24) is 10.2 Å². The van der Waals surface area contributed by atoms with E-state index in [1.807, 2.05) is 25.8 Å². The smallest absolute Gasteiger partial charge is 0.234 e. The lowest BCUT2D eigenvalue weighted by atomic mass is 10.3. The SMILES string of the molecule is CC(C)NC(=O)CN(C)CCC(N)=S. The molecule has 0 atom stereocenters. The predicted molar refractivity (Wildman–Crippen MR) is 62.2 cm³/mol. The van der Waals surface area contributed by atoms with Gasteiger partial charge in [0.25, 0.3) is 0 Å². The van der Waals surface area contributed by atoms with Crippen molar-refractivity contribution in [2.45, 2.75) is 26.3 Å². The van der Waals surface area contributed by atoms with E-state index in [-0.39, 0.29) is 11.9 Å². The molecule has 0 saturated carbocycles. The first-order chi connectivity index (χ1) is 6.41. The van der Waals surface area contributed by atoms with Crippen molar-refractivity contribution in [3.05, 3.63) is 0 Å². The summed E-state index contributed by atoms with van der Waals surface area (Å²) in [5.41, 5.74) is 5.36. The van der Waals surface area contributed by atoms with Crippen LogP contribution in [0.1, 0.15) is 20.3 Å². The topological polar surface area (TPSA) is 58.4 Å². The molecule has 14 heavy (non-hydrogen) atoms. The summed E-state index contributed by atoms with van der Waals surface area (Å²) in [5, 5.41) is 2.82. The number of carbonyl (C=O) groups is 1. The number of hydrogen-bond donors (Lipinski definition) is 2. The number of nitrogens with two attached hydrogens (primary N) is 1. The Morgan fingerprint density at radius 2 is 2.14 bits per heavy atom. The van der Waals surface area contributed by atoms with Gasteiger partial charge in [-0.25, -0.2) is 0 Å². The van der Waals surface area contributed by atoms with Crippen LogP contribution in [0.4, 0.5) is 0 Å². The third kappa shape index (κ3) is 7.94. The van der Waals surface area contributed by atoms with E-state index < -0.39 is 0 Å². The predicted octanol–water partition coefficient (Wildman–Crippen LogP) is 0.119. The molecule has 5 heteroatoms. The number of thiocarbonyl (C=S) groups is 1. The van der Waals surface area contributed by atoms with Gasteiger partial charge in [-0.15, -0.1) is 0 Å². The molecular formula is C9H19N3OS. The lowest BCUT2D eigenvalue weighted by molar-refractivity contribution is -0.122. The summed E-state index contributed by atoms with van der Waals surface area (Å²) < 4.78 is 0. The van der Waals surface area contributed by atoms with Gasteiger partial charge in [0.1, 0.15) is 0 Å². The minimum Gasteiger partial charge on any atom is -0.393 e. The zero-order valence-electron chi connectivity index (χ0n) is 9.04. The van der Waals surface area contributed by atoms with Gasteiger partial charge in [-0.3, -0.25) is 9.69 Å². The molecule has 1 amide bonds. The van der Waals surface area contributed by atoms with Crippen LogP contribution in [-0.4, -0.2) is 42.0 Å². The van der Waals surface area contributed by atoms with E-state index in [0.717, 1.165) is 6.54 Å². The molecular weight excluding hydrogens is 198 g/mol. The summed E-state index contributed by atoms with van der Waals surface area (Å²) in [4.78, 5) is 13.7. The molecule has 0 aliphatic carbocycles. The van der Waals surface area contributed by atoms with E-state index in [4.69, 9.17) is 18.0 Å². The molecule has 0 saturated heterocycles. The van der Waals surface area contributed by atoms with Gasteiger partial charge < -0.3 is 11.1 Å². The lowest BCUT2D eigenvalue weighted by Crippen LogP contribution is -2.39. The average molecular weight is 217 g/mol. The molecule has 0 unspecified atom stereocenters. The van der Waals surface area contributed by atoms with Crippen molar-refractivity contribution in [3.63, 3.8) is 0 Å².